The third-order valence-corrected chi connectivity index (χ3v) is 6.61. The number of hydrogen-bond donors (Lipinski definition) is 0. The lowest BCUT2D eigenvalue weighted by Gasteiger charge is -2.23. The summed E-state index contributed by atoms with van der Waals surface area (Å²) in [6, 6.07) is 20.9. The molecule has 0 unspecified atom stereocenters. The number of para-hydroxylation sites is 1. The maximum absolute atomic E-state index is 13.9. The fourth-order valence-electron chi connectivity index (χ4n) is 3.18. The Hall–Kier alpha value is -3.19. The highest BCUT2D eigenvalue weighted by molar-refractivity contribution is 7.92. The number of carbonyl (C=O) groups excluding carboxylic acids is 1. The normalized spacial score (nSPS) is 11.2. The summed E-state index contributed by atoms with van der Waals surface area (Å²) in [6.07, 6.45) is 0. The smallest absolute Gasteiger partial charge is 0.264 e. The molecule has 1 amide bonds. The summed E-state index contributed by atoms with van der Waals surface area (Å²) in [6.45, 7) is 2.08. The molecule has 0 aliphatic heterocycles. The molecule has 30 heavy (non-hydrogen) atoms. The van der Waals surface area contributed by atoms with Crippen LogP contribution in [0.15, 0.2) is 83.8 Å². The second kappa shape index (κ2) is 9.09. The van der Waals surface area contributed by atoms with E-state index >= 15 is 0 Å². The number of sulfonamides is 1. The van der Waals surface area contributed by atoms with Crippen LogP contribution in [0, 0.1) is 5.82 Å². The third kappa shape index (κ3) is 4.52. The van der Waals surface area contributed by atoms with Crippen LogP contribution in [0.25, 0.3) is 0 Å². The molecular weight excluding hydrogens is 403 g/mol. The molecule has 0 aliphatic carbocycles. The van der Waals surface area contributed by atoms with Crippen molar-refractivity contribution in [3.05, 3.63) is 95.8 Å². The predicted octanol–water partition coefficient (Wildman–Crippen LogP) is 4.31. The lowest BCUT2D eigenvalue weighted by molar-refractivity contribution is 0.0783. The number of rotatable bonds is 7. The number of anilines is 1. The van der Waals surface area contributed by atoms with E-state index in [9.17, 15) is 17.6 Å². The molecule has 0 atom stereocenters. The van der Waals surface area contributed by atoms with E-state index in [0.29, 0.717) is 11.3 Å². The zero-order valence-electron chi connectivity index (χ0n) is 16.8. The Balaban J connectivity index is 1.88. The molecular formula is C23H23FN2O3S. The summed E-state index contributed by atoms with van der Waals surface area (Å²) in [5.74, 6) is -0.784. The van der Waals surface area contributed by atoms with Crippen LogP contribution in [0.2, 0.25) is 0 Å². The first kappa shape index (κ1) is 21.5. The Labute approximate surface area is 176 Å². The summed E-state index contributed by atoms with van der Waals surface area (Å²) >= 11 is 0. The van der Waals surface area contributed by atoms with Crippen LogP contribution in [-0.2, 0) is 16.6 Å². The monoisotopic (exact) mass is 426 g/mol. The summed E-state index contributed by atoms with van der Waals surface area (Å²) in [5.41, 5.74) is 1.16. The Morgan fingerprint density at radius 2 is 1.60 bits per heavy atom. The van der Waals surface area contributed by atoms with E-state index < -0.39 is 21.7 Å². The van der Waals surface area contributed by atoms with Gasteiger partial charge in [-0.05, 0) is 43.3 Å². The van der Waals surface area contributed by atoms with Crippen molar-refractivity contribution in [2.75, 3.05) is 17.9 Å². The van der Waals surface area contributed by atoms with Crippen molar-refractivity contribution in [3.63, 3.8) is 0 Å². The van der Waals surface area contributed by atoms with Gasteiger partial charge in [-0.2, -0.15) is 0 Å². The summed E-state index contributed by atoms with van der Waals surface area (Å²) < 4.78 is 41.6. The van der Waals surface area contributed by atoms with E-state index in [4.69, 9.17) is 0 Å². The Morgan fingerprint density at radius 1 is 0.933 bits per heavy atom. The lowest BCUT2D eigenvalue weighted by Crippen LogP contribution is -2.31. The topological polar surface area (TPSA) is 57.7 Å². The van der Waals surface area contributed by atoms with Crippen molar-refractivity contribution in [2.45, 2.75) is 18.4 Å². The van der Waals surface area contributed by atoms with Gasteiger partial charge < -0.3 is 4.90 Å². The second-order valence-corrected chi connectivity index (χ2v) is 8.65. The summed E-state index contributed by atoms with van der Waals surface area (Å²) in [4.78, 5) is 14.2. The van der Waals surface area contributed by atoms with E-state index in [-0.39, 0.29) is 23.5 Å². The van der Waals surface area contributed by atoms with Gasteiger partial charge in [0.25, 0.3) is 15.9 Å². The molecule has 0 radical (unpaired) electrons. The van der Waals surface area contributed by atoms with Crippen LogP contribution in [0.4, 0.5) is 10.1 Å². The fourth-order valence-corrected chi connectivity index (χ4v) is 4.70. The second-order valence-electron chi connectivity index (χ2n) is 6.79. The molecule has 3 aromatic carbocycles. The Kier molecular flexibility index (Phi) is 6.52. The first-order valence-corrected chi connectivity index (χ1v) is 11.0. The standard InChI is InChI=1S/C23H23FN2O3S/c1-3-26(20-12-5-4-6-13-20)30(28,29)21-14-9-11-18(16-21)23(27)25(2)17-19-10-7-8-15-22(19)24/h4-16H,3,17H2,1-2H3. The maximum Gasteiger partial charge on any atom is 0.264 e. The molecule has 5 nitrogen and oxygen atoms in total. The third-order valence-electron chi connectivity index (χ3n) is 4.71. The largest absolute Gasteiger partial charge is 0.337 e. The number of benzene rings is 3. The summed E-state index contributed by atoms with van der Waals surface area (Å²) in [7, 11) is -2.30. The van der Waals surface area contributed by atoms with Crippen molar-refractivity contribution >= 4 is 21.6 Å². The van der Waals surface area contributed by atoms with Crippen LogP contribution in [0.3, 0.4) is 0 Å². The van der Waals surface area contributed by atoms with Gasteiger partial charge >= 0.3 is 0 Å². The zero-order valence-corrected chi connectivity index (χ0v) is 17.6. The van der Waals surface area contributed by atoms with Gasteiger partial charge in [-0.15, -0.1) is 0 Å². The van der Waals surface area contributed by atoms with E-state index in [2.05, 4.69) is 0 Å². The van der Waals surface area contributed by atoms with Gasteiger partial charge in [0.2, 0.25) is 0 Å². The molecule has 3 aromatic rings. The summed E-state index contributed by atoms with van der Waals surface area (Å²) in [5, 5.41) is 0. The molecule has 156 valence electrons. The predicted molar refractivity (Wildman–Crippen MR) is 115 cm³/mol. The molecule has 0 fully saturated rings. The van der Waals surface area contributed by atoms with Crippen molar-refractivity contribution in [1.29, 1.82) is 0 Å². The minimum atomic E-state index is -3.85. The molecule has 7 heteroatoms. The molecule has 0 saturated heterocycles. The Morgan fingerprint density at radius 3 is 2.27 bits per heavy atom. The highest BCUT2D eigenvalue weighted by atomic mass is 32.2. The van der Waals surface area contributed by atoms with E-state index in [1.165, 1.54) is 33.5 Å². The van der Waals surface area contributed by atoms with E-state index in [0.717, 1.165) is 0 Å². The number of amides is 1. The molecule has 0 bridgehead atoms. The number of halogens is 1. The average molecular weight is 427 g/mol. The van der Waals surface area contributed by atoms with Crippen LogP contribution in [0.5, 0.6) is 0 Å². The molecule has 0 aromatic heterocycles. The number of nitrogens with zero attached hydrogens (tertiary/aromatic N) is 2. The van der Waals surface area contributed by atoms with Crippen molar-refractivity contribution in [2.24, 2.45) is 0 Å². The van der Waals surface area contributed by atoms with Gasteiger partial charge in [0.05, 0.1) is 10.6 Å². The van der Waals surface area contributed by atoms with Crippen LogP contribution in [-0.4, -0.2) is 32.8 Å². The van der Waals surface area contributed by atoms with Gasteiger partial charge in [0, 0.05) is 31.3 Å². The van der Waals surface area contributed by atoms with Crippen LogP contribution < -0.4 is 4.31 Å². The Bertz CT molecular complexity index is 1130. The van der Waals surface area contributed by atoms with Crippen LogP contribution >= 0.6 is 0 Å². The quantitative estimate of drug-likeness (QED) is 0.566. The first-order chi connectivity index (χ1) is 14.3. The lowest BCUT2D eigenvalue weighted by atomic mass is 10.1. The molecule has 0 saturated carbocycles. The maximum atomic E-state index is 13.9. The van der Waals surface area contributed by atoms with Crippen LogP contribution in [0.1, 0.15) is 22.8 Å². The van der Waals surface area contributed by atoms with E-state index in [1.807, 2.05) is 6.07 Å². The number of hydrogen-bond acceptors (Lipinski definition) is 3. The highest BCUT2D eigenvalue weighted by Gasteiger charge is 2.25. The average Bonchev–Trinajstić information content (AvgIpc) is 2.76. The molecule has 0 heterocycles. The van der Waals surface area contributed by atoms with Gasteiger partial charge in [-0.1, -0.05) is 42.5 Å². The highest BCUT2D eigenvalue weighted by Crippen LogP contribution is 2.24. The van der Waals surface area contributed by atoms with Crippen molar-refractivity contribution in [1.82, 2.24) is 4.90 Å². The first-order valence-electron chi connectivity index (χ1n) is 9.51. The number of carbonyl (C=O) groups is 1. The fraction of sp³-hybridized carbons (Fsp3) is 0.174. The van der Waals surface area contributed by atoms with Gasteiger partial charge in [-0.3, -0.25) is 9.10 Å². The molecule has 0 aliphatic rings. The van der Waals surface area contributed by atoms with Gasteiger partial charge in [-0.25, -0.2) is 12.8 Å². The van der Waals surface area contributed by atoms with Crippen molar-refractivity contribution < 1.29 is 17.6 Å². The molecule has 3 rings (SSSR count). The minimum absolute atomic E-state index is 0.0262. The van der Waals surface area contributed by atoms with Crippen molar-refractivity contribution in [3.8, 4) is 0 Å². The SMILES string of the molecule is CCN(c1ccccc1)S(=O)(=O)c1cccc(C(=O)N(C)Cc2ccccc2F)c1. The van der Waals surface area contributed by atoms with E-state index in [1.54, 1.807) is 62.5 Å². The zero-order chi connectivity index (χ0) is 21.7. The molecule has 0 N–H and O–H groups in total. The van der Waals surface area contributed by atoms with Gasteiger partial charge in [0.1, 0.15) is 5.82 Å². The minimum Gasteiger partial charge on any atom is -0.337 e. The van der Waals surface area contributed by atoms with Gasteiger partial charge in [0.15, 0.2) is 0 Å². The molecule has 0 spiro atoms.